The van der Waals surface area contributed by atoms with Crippen LogP contribution >= 0.6 is 0 Å². The molecule has 0 aromatic heterocycles. The van der Waals surface area contributed by atoms with Gasteiger partial charge >= 0.3 is 11.7 Å². The Morgan fingerprint density at radius 2 is 1.96 bits per heavy atom. The Hall–Kier alpha value is -3.42. The Labute approximate surface area is 155 Å². The minimum absolute atomic E-state index is 0.0211. The van der Waals surface area contributed by atoms with Crippen LogP contribution in [0.25, 0.3) is 0 Å². The fourth-order valence-corrected chi connectivity index (χ4v) is 2.53. The van der Waals surface area contributed by atoms with E-state index in [1.807, 2.05) is 31.2 Å². The second kappa shape index (κ2) is 9.33. The van der Waals surface area contributed by atoms with Crippen LogP contribution in [-0.4, -0.2) is 35.1 Å². The van der Waals surface area contributed by atoms with Gasteiger partial charge in [0, 0.05) is 12.6 Å². The Kier molecular flexibility index (Phi) is 6.87. The van der Waals surface area contributed by atoms with E-state index in [1.165, 1.54) is 18.2 Å². The van der Waals surface area contributed by atoms with Gasteiger partial charge in [-0.2, -0.15) is 0 Å². The number of hydrogen-bond acceptors (Lipinski definition) is 5. The minimum Gasteiger partial charge on any atom is -0.481 e. The van der Waals surface area contributed by atoms with Crippen LogP contribution in [0.5, 0.6) is 5.75 Å². The number of amides is 1. The summed E-state index contributed by atoms with van der Waals surface area (Å²) in [7, 11) is 0. The van der Waals surface area contributed by atoms with Crippen LogP contribution in [0.3, 0.4) is 0 Å². The van der Waals surface area contributed by atoms with E-state index in [0.29, 0.717) is 0 Å². The van der Waals surface area contributed by atoms with Gasteiger partial charge in [0.25, 0.3) is 5.91 Å². The number of nitrogens with one attached hydrogen (secondary N) is 1. The topological polar surface area (TPSA) is 119 Å². The molecule has 2 N–H and O–H groups in total. The van der Waals surface area contributed by atoms with Gasteiger partial charge in [0.2, 0.25) is 0 Å². The molecule has 2 aromatic rings. The highest BCUT2D eigenvalue weighted by molar-refractivity contribution is 5.79. The van der Waals surface area contributed by atoms with Gasteiger partial charge in [-0.3, -0.25) is 19.7 Å². The van der Waals surface area contributed by atoms with E-state index >= 15 is 0 Å². The van der Waals surface area contributed by atoms with Crippen LogP contribution in [0, 0.1) is 23.0 Å². The Morgan fingerprint density at radius 1 is 1.22 bits per heavy atom. The fourth-order valence-electron chi connectivity index (χ4n) is 2.53. The first-order valence-corrected chi connectivity index (χ1v) is 8.28. The summed E-state index contributed by atoms with van der Waals surface area (Å²) in [5.74, 6) is -2.38. The molecule has 8 heteroatoms. The summed E-state index contributed by atoms with van der Waals surface area (Å²) in [6, 6.07) is 13.2. The molecule has 2 aromatic carbocycles. The molecule has 0 aliphatic carbocycles. The molecule has 0 saturated heterocycles. The van der Waals surface area contributed by atoms with Crippen LogP contribution in [-0.2, 0) is 16.0 Å². The highest BCUT2D eigenvalue weighted by atomic mass is 16.6. The maximum Gasteiger partial charge on any atom is 0.310 e. The van der Waals surface area contributed by atoms with E-state index in [1.54, 1.807) is 6.07 Å². The molecule has 2 rings (SSSR count). The molecule has 0 saturated carbocycles. The molecule has 8 nitrogen and oxygen atoms in total. The number of hydrogen-bond donors (Lipinski definition) is 2. The SMILES string of the molecule is Cc1cccc(CC(CNC(=O)COc2ccccc2[N+](=O)[O-])C(=O)O)c1. The lowest BCUT2D eigenvalue weighted by Crippen LogP contribution is -2.36. The average Bonchev–Trinajstić information content (AvgIpc) is 2.63. The largest absolute Gasteiger partial charge is 0.481 e. The van der Waals surface area contributed by atoms with E-state index in [9.17, 15) is 24.8 Å². The monoisotopic (exact) mass is 372 g/mol. The number of nitrogens with zero attached hydrogens (tertiary/aromatic N) is 1. The predicted molar refractivity (Wildman–Crippen MR) is 97.6 cm³/mol. The second-order valence-corrected chi connectivity index (χ2v) is 6.05. The van der Waals surface area contributed by atoms with Gasteiger partial charge in [0.1, 0.15) is 0 Å². The number of ether oxygens (including phenoxy) is 1. The third kappa shape index (κ3) is 6.10. The number of rotatable bonds is 9. The molecule has 0 aliphatic rings. The van der Waals surface area contributed by atoms with Gasteiger partial charge < -0.3 is 15.2 Å². The number of benzene rings is 2. The normalized spacial score (nSPS) is 11.4. The number of carbonyl (C=O) groups is 2. The highest BCUT2D eigenvalue weighted by Crippen LogP contribution is 2.25. The first-order valence-electron chi connectivity index (χ1n) is 8.28. The Morgan fingerprint density at radius 3 is 2.63 bits per heavy atom. The van der Waals surface area contributed by atoms with Crippen LogP contribution in [0.4, 0.5) is 5.69 Å². The average molecular weight is 372 g/mol. The summed E-state index contributed by atoms with van der Waals surface area (Å²) in [5.41, 5.74) is 1.65. The van der Waals surface area contributed by atoms with Crippen molar-refractivity contribution in [1.82, 2.24) is 5.32 Å². The summed E-state index contributed by atoms with van der Waals surface area (Å²) >= 11 is 0. The first-order chi connectivity index (χ1) is 12.9. The number of aryl methyl sites for hydroxylation is 1. The molecule has 1 unspecified atom stereocenters. The summed E-state index contributed by atoms with van der Waals surface area (Å²) in [5, 5.41) is 22.8. The van der Waals surface area contributed by atoms with Crippen molar-refractivity contribution >= 4 is 17.6 Å². The number of aliphatic carboxylic acids is 1. The van der Waals surface area contributed by atoms with Gasteiger partial charge in [0.05, 0.1) is 10.8 Å². The number of carboxylic acid groups (broad SMARTS) is 1. The van der Waals surface area contributed by atoms with Crippen molar-refractivity contribution < 1.29 is 24.4 Å². The lowest BCUT2D eigenvalue weighted by Gasteiger charge is -2.14. The predicted octanol–water partition coefficient (Wildman–Crippen LogP) is 2.34. The third-order valence-electron chi connectivity index (χ3n) is 3.88. The van der Waals surface area contributed by atoms with Gasteiger partial charge in [0.15, 0.2) is 12.4 Å². The Bertz CT molecular complexity index is 836. The van der Waals surface area contributed by atoms with E-state index in [-0.39, 0.29) is 24.4 Å². The van der Waals surface area contributed by atoms with Crippen molar-refractivity contribution in [2.24, 2.45) is 5.92 Å². The zero-order valence-corrected chi connectivity index (χ0v) is 14.8. The molecule has 142 valence electrons. The molecule has 1 atom stereocenters. The maximum absolute atomic E-state index is 11.9. The van der Waals surface area contributed by atoms with Gasteiger partial charge in [-0.15, -0.1) is 0 Å². The molecule has 27 heavy (non-hydrogen) atoms. The van der Waals surface area contributed by atoms with E-state index in [2.05, 4.69) is 5.32 Å². The molecular formula is C19H20N2O6. The number of nitro groups is 1. The van der Waals surface area contributed by atoms with Crippen LogP contribution < -0.4 is 10.1 Å². The van der Waals surface area contributed by atoms with E-state index in [4.69, 9.17) is 4.74 Å². The van der Waals surface area contributed by atoms with Gasteiger partial charge in [-0.25, -0.2) is 0 Å². The number of para-hydroxylation sites is 2. The fraction of sp³-hybridized carbons (Fsp3) is 0.263. The van der Waals surface area contributed by atoms with Gasteiger partial charge in [-0.05, 0) is 25.0 Å². The second-order valence-electron chi connectivity index (χ2n) is 6.05. The number of carbonyl (C=O) groups excluding carboxylic acids is 1. The van der Waals surface area contributed by atoms with Crippen molar-refractivity contribution in [2.75, 3.05) is 13.2 Å². The van der Waals surface area contributed by atoms with Crippen molar-refractivity contribution in [3.05, 3.63) is 69.8 Å². The third-order valence-corrected chi connectivity index (χ3v) is 3.88. The lowest BCUT2D eigenvalue weighted by molar-refractivity contribution is -0.385. The minimum atomic E-state index is -1.02. The van der Waals surface area contributed by atoms with Crippen molar-refractivity contribution in [1.29, 1.82) is 0 Å². The zero-order valence-electron chi connectivity index (χ0n) is 14.8. The van der Waals surface area contributed by atoms with Gasteiger partial charge in [-0.1, -0.05) is 42.0 Å². The van der Waals surface area contributed by atoms with Crippen molar-refractivity contribution in [3.63, 3.8) is 0 Å². The summed E-state index contributed by atoms with van der Waals surface area (Å²) in [4.78, 5) is 33.7. The Balaban J connectivity index is 1.89. The van der Waals surface area contributed by atoms with E-state index in [0.717, 1.165) is 11.1 Å². The summed E-state index contributed by atoms with van der Waals surface area (Å²) < 4.78 is 5.19. The standard InChI is InChI=1S/C19H20N2O6/c1-13-5-4-6-14(9-13)10-15(19(23)24)11-20-18(22)12-27-17-8-3-2-7-16(17)21(25)26/h2-9,15H,10-12H2,1H3,(H,20,22)(H,23,24). The quantitative estimate of drug-likeness (QED) is 0.515. The molecule has 0 aliphatic heterocycles. The molecule has 0 radical (unpaired) electrons. The number of carboxylic acids is 1. The summed E-state index contributed by atoms with van der Waals surface area (Å²) in [6.45, 7) is 1.41. The van der Waals surface area contributed by atoms with Crippen LogP contribution in [0.15, 0.2) is 48.5 Å². The molecule has 1 amide bonds. The number of nitro benzene ring substituents is 1. The first kappa shape index (κ1) is 19.9. The van der Waals surface area contributed by atoms with Crippen molar-refractivity contribution in [3.8, 4) is 5.75 Å². The molecular weight excluding hydrogens is 352 g/mol. The highest BCUT2D eigenvalue weighted by Gasteiger charge is 2.20. The van der Waals surface area contributed by atoms with Crippen LogP contribution in [0.2, 0.25) is 0 Å². The van der Waals surface area contributed by atoms with E-state index < -0.39 is 29.3 Å². The lowest BCUT2D eigenvalue weighted by atomic mass is 9.98. The maximum atomic E-state index is 11.9. The molecule has 0 fully saturated rings. The molecule has 0 spiro atoms. The molecule has 0 heterocycles. The smallest absolute Gasteiger partial charge is 0.310 e. The van der Waals surface area contributed by atoms with Crippen LogP contribution in [0.1, 0.15) is 11.1 Å². The summed E-state index contributed by atoms with van der Waals surface area (Å²) in [6.07, 6.45) is 0.280. The zero-order chi connectivity index (χ0) is 19.8. The van der Waals surface area contributed by atoms with Crippen molar-refractivity contribution in [2.45, 2.75) is 13.3 Å². The molecule has 0 bridgehead atoms.